The van der Waals surface area contributed by atoms with E-state index in [9.17, 15) is 4.79 Å². The number of nitrogens with one attached hydrogen (secondary N) is 1. The van der Waals surface area contributed by atoms with E-state index >= 15 is 0 Å². The molecule has 1 N–H and O–H groups in total. The van der Waals surface area contributed by atoms with Gasteiger partial charge in [0.1, 0.15) is 6.04 Å². The number of hydrogen-bond donors (Lipinski definition) is 1. The van der Waals surface area contributed by atoms with E-state index in [2.05, 4.69) is 24.4 Å². The van der Waals surface area contributed by atoms with E-state index < -0.39 is 0 Å². The number of carbonyl (C=O) groups is 1. The van der Waals surface area contributed by atoms with E-state index in [0.29, 0.717) is 13.2 Å². The van der Waals surface area contributed by atoms with Crippen LogP contribution in [-0.2, 0) is 9.53 Å². The van der Waals surface area contributed by atoms with Crippen LogP contribution in [-0.4, -0.2) is 39.3 Å². The molecule has 1 aromatic carbocycles. The molecule has 0 aliphatic heterocycles. The van der Waals surface area contributed by atoms with Gasteiger partial charge in [0.25, 0.3) is 0 Å². The Hall–Kier alpha value is -1.55. The van der Waals surface area contributed by atoms with Gasteiger partial charge >= 0.3 is 5.97 Å². The fourth-order valence-corrected chi connectivity index (χ4v) is 1.77. The molecule has 0 saturated heterocycles. The van der Waals surface area contributed by atoms with Crippen molar-refractivity contribution in [2.75, 3.05) is 32.1 Å². The minimum Gasteiger partial charge on any atom is -0.465 e. The molecule has 100 valence electrons. The lowest BCUT2D eigenvalue weighted by atomic mass is 10.2. The second kappa shape index (κ2) is 7.01. The van der Waals surface area contributed by atoms with Gasteiger partial charge in [-0.1, -0.05) is 12.1 Å². The number of benzene rings is 1. The number of ether oxygens (including phenoxy) is 1. The van der Waals surface area contributed by atoms with E-state index in [-0.39, 0.29) is 12.0 Å². The van der Waals surface area contributed by atoms with E-state index in [1.165, 1.54) is 5.56 Å². The minimum absolute atomic E-state index is 0.209. The zero-order valence-electron chi connectivity index (χ0n) is 11.6. The number of hydrogen-bond acceptors (Lipinski definition) is 4. The molecule has 18 heavy (non-hydrogen) atoms. The van der Waals surface area contributed by atoms with Crippen LogP contribution < -0.4 is 10.2 Å². The lowest BCUT2D eigenvalue weighted by Crippen LogP contribution is -2.44. The number of esters is 1. The molecule has 0 radical (unpaired) electrons. The molecule has 1 rings (SSSR count). The number of anilines is 1. The number of nitrogens with zero attached hydrogens (tertiary/aromatic N) is 1. The highest BCUT2D eigenvalue weighted by molar-refractivity contribution is 5.76. The standard InChI is InChI=1S/C14H22N2O2/c1-5-18-14(17)13(15-3)10-16(4)12-8-6-7-11(2)9-12/h6-9,13,15H,5,10H2,1-4H3. The van der Waals surface area contributed by atoms with Gasteiger partial charge < -0.3 is 15.0 Å². The molecule has 1 aromatic rings. The normalized spacial score (nSPS) is 12.0. The molecule has 0 fully saturated rings. The first-order valence-electron chi connectivity index (χ1n) is 6.20. The van der Waals surface area contributed by atoms with Crippen molar-refractivity contribution < 1.29 is 9.53 Å². The highest BCUT2D eigenvalue weighted by Crippen LogP contribution is 2.14. The summed E-state index contributed by atoms with van der Waals surface area (Å²) in [5.41, 5.74) is 2.30. The van der Waals surface area contributed by atoms with Crippen molar-refractivity contribution in [3.8, 4) is 0 Å². The maximum absolute atomic E-state index is 11.7. The van der Waals surface area contributed by atoms with Crippen LogP contribution in [0.1, 0.15) is 12.5 Å². The fourth-order valence-electron chi connectivity index (χ4n) is 1.77. The number of rotatable bonds is 6. The van der Waals surface area contributed by atoms with Crippen molar-refractivity contribution in [1.82, 2.24) is 5.32 Å². The van der Waals surface area contributed by atoms with Crippen molar-refractivity contribution in [2.45, 2.75) is 19.9 Å². The highest BCUT2D eigenvalue weighted by Gasteiger charge is 2.19. The smallest absolute Gasteiger partial charge is 0.324 e. The lowest BCUT2D eigenvalue weighted by Gasteiger charge is -2.24. The Labute approximate surface area is 109 Å². The molecular weight excluding hydrogens is 228 g/mol. The number of likely N-dealkylation sites (N-methyl/N-ethyl adjacent to an activating group) is 2. The summed E-state index contributed by atoms with van der Waals surface area (Å²) in [5, 5.41) is 2.99. The Balaban J connectivity index is 2.67. The number of carbonyl (C=O) groups excluding carboxylic acids is 1. The summed E-state index contributed by atoms with van der Waals surface area (Å²) in [5.74, 6) is -0.209. The fraction of sp³-hybridized carbons (Fsp3) is 0.500. The van der Waals surface area contributed by atoms with Crippen LogP contribution in [0.25, 0.3) is 0 Å². The van der Waals surface area contributed by atoms with Crippen LogP contribution >= 0.6 is 0 Å². The maximum Gasteiger partial charge on any atom is 0.324 e. The molecule has 1 unspecified atom stereocenters. The van der Waals surface area contributed by atoms with Gasteiger partial charge in [-0.25, -0.2) is 0 Å². The Morgan fingerprint density at radius 3 is 2.78 bits per heavy atom. The van der Waals surface area contributed by atoms with E-state index in [0.717, 1.165) is 5.69 Å². The van der Waals surface area contributed by atoms with E-state index in [1.54, 1.807) is 7.05 Å². The summed E-state index contributed by atoms with van der Waals surface area (Å²) in [6.07, 6.45) is 0. The van der Waals surface area contributed by atoms with Crippen LogP contribution in [0.2, 0.25) is 0 Å². The van der Waals surface area contributed by atoms with Crippen molar-refractivity contribution >= 4 is 11.7 Å². The molecule has 0 aliphatic carbocycles. The van der Waals surface area contributed by atoms with Crippen molar-refractivity contribution in [3.05, 3.63) is 29.8 Å². The van der Waals surface area contributed by atoms with Crippen molar-refractivity contribution in [1.29, 1.82) is 0 Å². The van der Waals surface area contributed by atoms with Crippen LogP contribution in [0.3, 0.4) is 0 Å². The van der Waals surface area contributed by atoms with Crippen molar-refractivity contribution in [2.24, 2.45) is 0 Å². The summed E-state index contributed by atoms with van der Waals surface area (Å²) >= 11 is 0. The maximum atomic E-state index is 11.7. The van der Waals surface area contributed by atoms with Gasteiger partial charge in [0, 0.05) is 19.3 Å². The van der Waals surface area contributed by atoms with E-state index in [4.69, 9.17) is 4.74 Å². The third-order valence-corrected chi connectivity index (χ3v) is 2.82. The average Bonchev–Trinajstić information content (AvgIpc) is 2.35. The van der Waals surface area contributed by atoms with Gasteiger partial charge in [-0.2, -0.15) is 0 Å². The molecule has 0 spiro atoms. The Bertz CT molecular complexity index is 393. The molecule has 0 bridgehead atoms. The zero-order chi connectivity index (χ0) is 13.5. The van der Waals surface area contributed by atoms with Crippen LogP contribution in [0.15, 0.2) is 24.3 Å². The first-order valence-corrected chi connectivity index (χ1v) is 6.20. The first-order chi connectivity index (χ1) is 8.58. The van der Waals surface area contributed by atoms with Gasteiger partial charge in [-0.3, -0.25) is 4.79 Å². The number of aryl methyl sites for hydroxylation is 1. The SMILES string of the molecule is CCOC(=O)C(CN(C)c1cccc(C)c1)NC. The zero-order valence-corrected chi connectivity index (χ0v) is 11.6. The Morgan fingerprint density at radius 1 is 1.50 bits per heavy atom. The van der Waals surface area contributed by atoms with Gasteiger partial charge in [0.2, 0.25) is 0 Å². The monoisotopic (exact) mass is 250 g/mol. The summed E-state index contributed by atoms with van der Waals surface area (Å²) in [6, 6.07) is 7.89. The second-order valence-electron chi connectivity index (χ2n) is 4.31. The van der Waals surface area contributed by atoms with Gasteiger partial charge in [-0.15, -0.1) is 0 Å². The lowest BCUT2D eigenvalue weighted by molar-refractivity contribution is -0.145. The molecule has 0 saturated carbocycles. The molecule has 1 atom stereocenters. The topological polar surface area (TPSA) is 41.6 Å². The third kappa shape index (κ3) is 4.04. The molecule has 0 heterocycles. The molecule has 0 aromatic heterocycles. The second-order valence-corrected chi connectivity index (χ2v) is 4.31. The van der Waals surface area contributed by atoms with Crippen LogP contribution in [0.5, 0.6) is 0 Å². The Kier molecular flexibility index (Phi) is 5.65. The van der Waals surface area contributed by atoms with Crippen LogP contribution in [0, 0.1) is 6.92 Å². The minimum atomic E-state index is -0.310. The highest BCUT2D eigenvalue weighted by atomic mass is 16.5. The van der Waals surface area contributed by atoms with E-state index in [1.807, 2.05) is 31.0 Å². The molecule has 4 heteroatoms. The quantitative estimate of drug-likeness (QED) is 0.778. The Morgan fingerprint density at radius 2 is 2.22 bits per heavy atom. The molecule has 0 aliphatic rings. The van der Waals surface area contributed by atoms with Gasteiger partial charge in [-0.05, 0) is 38.6 Å². The molecular formula is C14H22N2O2. The van der Waals surface area contributed by atoms with Crippen molar-refractivity contribution in [3.63, 3.8) is 0 Å². The first kappa shape index (κ1) is 14.5. The third-order valence-electron chi connectivity index (χ3n) is 2.82. The summed E-state index contributed by atoms with van der Waals surface area (Å²) in [7, 11) is 3.74. The average molecular weight is 250 g/mol. The largest absolute Gasteiger partial charge is 0.465 e. The predicted molar refractivity (Wildman–Crippen MR) is 73.9 cm³/mol. The van der Waals surface area contributed by atoms with Crippen LogP contribution in [0.4, 0.5) is 5.69 Å². The summed E-state index contributed by atoms with van der Waals surface area (Å²) < 4.78 is 5.03. The molecule has 4 nitrogen and oxygen atoms in total. The summed E-state index contributed by atoms with van der Waals surface area (Å²) in [6.45, 7) is 4.86. The predicted octanol–water partition coefficient (Wildman–Crippen LogP) is 1.58. The molecule has 0 amide bonds. The van der Waals surface area contributed by atoms with Gasteiger partial charge in [0.05, 0.1) is 6.61 Å². The van der Waals surface area contributed by atoms with Gasteiger partial charge in [0.15, 0.2) is 0 Å². The summed E-state index contributed by atoms with van der Waals surface area (Å²) in [4.78, 5) is 13.7.